The van der Waals surface area contributed by atoms with Crippen molar-refractivity contribution >= 4 is 28.9 Å². The smallest absolute Gasteiger partial charge is 0.376 e. The van der Waals surface area contributed by atoms with Crippen LogP contribution in [0.25, 0.3) is 0 Å². The summed E-state index contributed by atoms with van der Waals surface area (Å²) in [6, 6.07) is 5.55. The molecule has 0 spiro atoms. The van der Waals surface area contributed by atoms with Crippen LogP contribution in [0.3, 0.4) is 0 Å². The Morgan fingerprint density at radius 1 is 1.04 bits per heavy atom. The zero-order valence-electron chi connectivity index (χ0n) is 11.8. The van der Waals surface area contributed by atoms with Gasteiger partial charge < -0.3 is 10.6 Å². The van der Waals surface area contributed by atoms with Crippen molar-refractivity contribution in [1.29, 1.82) is 0 Å². The van der Waals surface area contributed by atoms with Gasteiger partial charge in [-0.2, -0.15) is 13.2 Å². The number of benzene rings is 2. The van der Waals surface area contributed by atoms with E-state index in [-0.39, 0.29) is 16.4 Å². The Bertz CT molecular complexity index is 764. The summed E-state index contributed by atoms with van der Waals surface area (Å²) in [7, 11) is 0. The molecule has 9 heteroatoms. The number of carbonyl (C=O) groups is 1. The molecule has 2 aromatic carbocycles. The topological polar surface area (TPSA) is 41.1 Å². The molecule has 0 radical (unpaired) electrons. The predicted molar refractivity (Wildman–Crippen MR) is 79.9 cm³/mol. The lowest BCUT2D eigenvalue weighted by Gasteiger charge is -2.15. The Labute approximate surface area is 138 Å². The summed E-state index contributed by atoms with van der Waals surface area (Å²) in [6.07, 6.45) is -4.66. The van der Waals surface area contributed by atoms with E-state index >= 15 is 0 Å². The van der Waals surface area contributed by atoms with Gasteiger partial charge in [0, 0.05) is 16.8 Å². The second kappa shape index (κ2) is 7.04. The third-order valence-electron chi connectivity index (χ3n) is 2.93. The van der Waals surface area contributed by atoms with Crippen LogP contribution in [0.1, 0.15) is 5.56 Å². The van der Waals surface area contributed by atoms with Crippen molar-refractivity contribution in [3.8, 4) is 0 Å². The molecule has 0 aliphatic heterocycles. The first kappa shape index (κ1) is 18.0. The Balaban J connectivity index is 2.07. The number of carbonyl (C=O) groups excluding carboxylic acids is 1. The van der Waals surface area contributed by atoms with Gasteiger partial charge in [-0.25, -0.2) is 8.78 Å². The fraction of sp³-hybridized carbons (Fsp3) is 0.133. The zero-order chi connectivity index (χ0) is 17.9. The number of rotatable bonds is 4. The van der Waals surface area contributed by atoms with Crippen LogP contribution in [0.4, 0.5) is 33.3 Å². The molecule has 2 N–H and O–H groups in total. The van der Waals surface area contributed by atoms with E-state index in [1.165, 1.54) is 6.07 Å². The Morgan fingerprint density at radius 3 is 2.33 bits per heavy atom. The van der Waals surface area contributed by atoms with Crippen molar-refractivity contribution in [3.05, 3.63) is 58.6 Å². The molecule has 0 unspecified atom stereocenters. The largest absolute Gasteiger partial charge is 0.418 e. The molecule has 0 aliphatic carbocycles. The molecular formula is C15H10ClF5N2O. The van der Waals surface area contributed by atoms with Crippen LogP contribution >= 0.6 is 11.6 Å². The first-order valence-electron chi connectivity index (χ1n) is 6.52. The Morgan fingerprint density at radius 2 is 1.71 bits per heavy atom. The van der Waals surface area contributed by atoms with Gasteiger partial charge in [-0.1, -0.05) is 11.6 Å². The monoisotopic (exact) mass is 364 g/mol. The summed E-state index contributed by atoms with van der Waals surface area (Å²) in [5, 5.41) is 4.33. The molecule has 128 valence electrons. The van der Waals surface area contributed by atoms with Crippen molar-refractivity contribution in [2.24, 2.45) is 0 Å². The molecule has 0 bridgehead atoms. The van der Waals surface area contributed by atoms with Crippen LogP contribution in [0.15, 0.2) is 36.4 Å². The molecule has 24 heavy (non-hydrogen) atoms. The van der Waals surface area contributed by atoms with E-state index < -0.39 is 35.8 Å². The predicted octanol–water partition coefficient (Wildman–Crippen LogP) is 4.69. The number of amides is 1. The lowest BCUT2D eigenvalue weighted by Crippen LogP contribution is -2.23. The minimum absolute atomic E-state index is 0.106. The summed E-state index contributed by atoms with van der Waals surface area (Å²) >= 11 is 5.54. The number of halogens is 6. The van der Waals surface area contributed by atoms with Gasteiger partial charge in [-0.3, -0.25) is 4.79 Å². The fourth-order valence-electron chi connectivity index (χ4n) is 1.87. The Hall–Kier alpha value is -2.35. The molecule has 2 aromatic rings. The van der Waals surface area contributed by atoms with Gasteiger partial charge in [0.1, 0.15) is 11.6 Å². The van der Waals surface area contributed by atoms with Crippen LogP contribution < -0.4 is 10.6 Å². The highest BCUT2D eigenvalue weighted by atomic mass is 35.5. The minimum atomic E-state index is -4.66. The summed E-state index contributed by atoms with van der Waals surface area (Å²) in [5.41, 5.74) is -1.66. The number of alkyl halides is 3. The van der Waals surface area contributed by atoms with Crippen LogP contribution in [-0.2, 0) is 11.0 Å². The van der Waals surface area contributed by atoms with Crippen molar-refractivity contribution < 1.29 is 26.7 Å². The number of nitrogens with one attached hydrogen (secondary N) is 2. The quantitative estimate of drug-likeness (QED) is 0.773. The maximum atomic E-state index is 13.4. The maximum absolute atomic E-state index is 13.4. The van der Waals surface area contributed by atoms with E-state index in [1.807, 2.05) is 0 Å². The highest BCUT2D eigenvalue weighted by molar-refractivity contribution is 6.30. The van der Waals surface area contributed by atoms with Gasteiger partial charge in [0.15, 0.2) is 0 Å². The first-order valence-corrected chi connectivity index (χ1v) is 6.90. The molecule has 0 saturated heterocycles. The first-order chi connectivity index (χ1) is 11.2. The molecule has 0 aromatic heterocycles. The Kier molecular flexibility index (Phi) is 5.28. The molecule has 0 atom stereocenters. The molecule has 3 nitrogen and oxygen atoms in total. The van der Waals surface area contributed by atoms with Crippen LogP contribution in [0.2, 0.25) is 5.02 Å². The molecular weight excluding hydrogens is 355 g/mol. The standard InChI is InChI=1S/C15H10ClF5N2O/c16-8-1-3-12(10(5-8)15(19,20)21)22-7-14(24)23-13-4-2-9(17)6-11(13)18/h1-6,22H,7H2,(H,23,24). The van der Waals surface area contributed by atoms with Crippen LogP contribution in [0.5, 0.6) is 0 Å². The fourth-order valence-corrected chi connectivity index (χ4v) is 2.04. The minimum Gasteiger partial charge on any atom is -0.376 e. The van der Waals surface area contributed by atoms with Gasteiger partial charge in [-0.15, -0.1) is 0 Å². The van der Waals surface area contributed by atoms with Crippen molar-refractivity contribution in [1.82, 2.24) is 0 Å². The van der Waals surface area contributed by atoms with E-state index in [0.29, 0.717) is 6.07 Å². The lowest BCUT2D eigenvalue weighted by atomic mass is 10.1. The van der Waals surface area contributed by atoms with Crippen LogP contribution in [0, 0.1) is 11.6 Å². The molecule has 1 amide bonds. The molecule has 0 aliphatic rings. The van der Waals surface area contributed by atoms with Crippen molar-refractivity contribution in [3.63, 3.8) is 0 Å². The van der Waals surface area contributed by atoms with E-state index in [9.17, 15) is 26.7 Å². The van der Waals surface area contributed by atoms with Gasteiger partial charge >= 0.3 is 6.18 Å². The van der Waals surface area contributed by atoms with Gasteiger partial charge in [0.05, 0.1) is 17.8 Å². The second-order valence-corrected chi connectivity index (χ2v) is 5.15. The van der Waals surface area contributed by atoms with Gasteiger partial charge in [0.2, 0.25) is 5.91 Å². The van der Waals surface area contributed by atoms with Gasteiger partial charge in [-0.05, 0) is 30.3 Å². The summed E-state index contributed by atoms with van der Waals surface area (Å²) in [6.45, 7) is -0.554. The summed E-state index contributed by atoms with van der Waals surface area (Å²) < 4.78 is 64.9. The average Bonchev–Trinajstić information content (AvgIpc) is 2.48. The molecule has 0 saturated carbocycles. The highest BCUT2D eigenvalue weighted by Crippen LogP contribution is 2.36. The van der Waals surface area contributed by atoms with E-state index in [4.69, 9.17) is 11.6 Å². The lowest BCUT2D eigenvalue weighted by molar-refractivity contribution is -0.137. The third-order valence-corrected chi connectivity index (χ3v) is 3.17. The van der Waals surface area contributed by atoms with Crippen molar-refractivity contribution in [2.75, 3.05) is 17.2 Å². The third kappa shape index (κ3) is 4.58. The van der Waals surface area contributed by atoms with Crippen molar-refractivity contribution in [2.45, 2.75) is 6.18 Å². The second-order valence-electron chi connectivity index (χ2n) is 4.71. The number of hydrogen-bond donors (Lipinski definition) is 2. The van der Waals surface area contributed by atoms with E-state index in [1.54, 1.807) is 0 Å². The average molecular weight is 365 g/mol. The highest BCUT2D eigenvalue weighted by Gasteiger charge is 2.33. The summed E-state index contributed by atoms with van der Waals surface area (Å²) in [4.78, 5) is 11.7. The van der Waals surface area contributed by atoms with E-state index in [0.717, 1.165) is 24.3 Å². The van der Waals surface area contributed by atoms with Gasteiger partial charge in [0.25, 0.3) is 0 Å². The molecule has 0 heterocycles. The summed E-state index contributed by atoms with van der Waals surface area (Å²) in [5.74, 6) is -2.62. The van der Waals surface area contributed by atoms with Crippen LogP contribution in [-0.4, -0.2) is 12.5 Å². The normalized spacial score (nSPS) is 11.2. The van der Waals surface area contributed by atoms with E-state index in [2.05, 4.69) is 10.6 Å². The zero-order valence-corrected chi connectivity index (χ0v) is 12.6. The maximum Gasteiger partial charge on any atom is 0.418 e. The molecule has 0 fully saturated rings. The number of hydrogen-bond acceptors (Lipinski definition) is 2. The molecule has 2 rings (SSSR count). The SMILES string of the molecule is O=C(CNc1ccc(Cl)cc1C(F)(F)F)Nc1ccc(F)cc1F. The number of anilines is 2.